The second-order valence-electron chi connectivity index (χ2n) is 7.63. The fourth-order valence-electron chi connectivity index (χ4n) is 4.32. The number of nitrogens with zero attached hydrogens (tertiary/aromatic N) is 2. The molecule has 158 valence electrons. The highest BCUT2D eigenvalue weighted by Crippen LogP contribution is 2.45. The second kappa shape index (κ2) is 8.95. The molecule has 3 rings (SSSR count). The zero-order valence-electron chi connectivity index (χ0n) is 17.5. The number of hydroxylamine groups is 2. The van der Waals surface area contributed by atoms with Crippen LogP contribution in [0.15, 0.2) is 35.3 Å². The zero-order valence-corrected chi connectivity index (χ0v) is 17.5. The minimum absolute atomic E-state index is 0.0492. The summed E-state index contributed by atoms with van der Waals surface area (Å²) in [6, 6.07) is 10.4. The van der Waals surface area contributed by atoms with Gasteiger partial charge in [-0.2, -0.15) is 0 Å². The molecule has 2 aliphatic rings. The van der Waals surface area contributed by atoms with Gasteiger partial charge < -0.3 is 9.47 Å². The van der Waals surface area contributed by atoms with Crippen LogP contribution in [0, 0.1) is 0 Å². The van der Waals surface area contributed by atoms with Crippen LogP contribution in [-0.4, -0.2) is 48.8 Å². The van der Waals surface area contributed by atoms with Crippen LogP contribution in [0.1, 0.15) is 57.9 Å². The molecule has 1 atom stereocenters. The maximum Gasteiger partial charge on any atom is 0.364 e. The lowest BCUT2D eigenvalue weighted by Gasteiger charge is -2.31. The maximum absolute atomic E-state index is 12.7. The van der Waals surface area contributed by atoms with Crippen molar-refractivity contribution in [2.24, 2.45) is 4.99 Å². The monoisotopic (exact) mass is 402 g/mol. The van der Waals surface area contributed by atoms with Crippen molar-refractivity contribution in [3.63, 3.8) is 0 Å². The number of carbonyl (C=O) groups excluding carboxylic acids is 2. The average Bonchev–Trinajstić information content (AvgIpc) is 3.29. The van der Waals surface area contributed by atoms with Crippen molar-refractivity contribution >= 4 is 17.8 Å². The van der Waals surface area contributed by atoms with Crippen LogP contribution in [-0.2, 0) is 29.3 Å². The van der Waals surface area contributed by atoms with E-state index in [2.05, 4.69) is 29.3 Å². The normalized spacial score (nSPS) is 23.0. The summed E-state index contributed by atoms with van der Waals surface area (Å²) in [5.41, 5.74) is -0.498. The number of ether oxygens (including phenoxy) is 2. The number of hydrogen-bond donors (Lipinski definition) is 0. The number of rotatable bonds is 8. The highest BCUT2D eigenvalue weighted by molar-refractivity contribution is 5.93. The Morgan fingerprint density at radius 1 is 1.10 bits per heavy atom. The van der Waals surface area contributed by atoms with Gasteiger partial charge >= 0.3 is 11.9 Å². The van der Waals surface area contributed by atoms with E-state index in [0.717, 1.165) is 25.7 Å². The molecule has 7 heteroatoms. The Kier molecular flexibility index (Phi) is 6.57. The van der Waals surface area contributed by atoms with Crippen molar-refractivity contribution in [2.45, 2.75) is 63.5 Å². The largest absolute Gasteiger partial charge is 0.466 e. The Morgan fingerprint density at radius 3 is 2.38 bits per heavy atom. The third-order valence-electron chi connectivity index (χ3n) is 5.69. The molecule has 29 heavy (non-hydrogen) atoms. The molecule has 0 amide bonds. The van der Waals surface area contributed by atoms with E-state index < -0.39 is 17.7 Å². The predicted molar refractivity (Wildman–Crippen MR) is 108 cm³/mol. The number of amidine groups is 1. The lowest BCUT2D eigenvalue weighted by Crippen LogP contribution is -2.43. The summed E-state index contributed by atoms with van der Waals surface area (Å²) in [5, 5.41) is 1.51. The van der Waals surface area contributed by atoms with Crippen LogP contribution in [0.2, 0.25) is 0 Å². The Labute approximate surface area is 172 Å². The topological polar surface area (TPSA) is 77.4 Å². The summed E-state index contributed by atoms with van der Waals surface area (Å²) in [5.74, 6) is -0.569. The van der Waals surface area contributed by atoms with E-state index in [4.69, 9.17) is 14.3 Å². The van der Waals surface area contributed by atoms with Crippen LogP contribution in [0.25, 0.3) is 0 Å². The molecule has 0 radical (unpaired) electrons. The van der Waals surface area contributed by atoms with Gasteiger partial charge in [0.1, 0.15) is 12.3 Å². The molecule has 1 heterocycles. The Hall–Kier alpha value is -2.41. The average molecular weight is 402 g/mol. The summed E-state index contributed by atoms with van der Waals surface area (Å²) >= 11 is 0. The summed E-state index contributed by atoms with van der Waals surface area (Å²) in [6.07, 6.45) is 4.73. The molecule has 0 spiro atoms. The van der Waals surface area contributed by atoms with Gasteiger partial charge in [0.2, 0.25) is 0 Å². The highest BCUT2D eigenvalue weighted by atomic mass is 16.7. The van der Waals surface area contributed by atoms with E-state index in [9.17, 15) is 9.59 Å². The van der Waals surface area contributed by atoms with Gasteiger partial charge in [0.25, 0.3) is 5.72 Å². The summed E-state index contributed by atoms with van der Waals surface area (Å²) in [4.78, 5) is 35.3. The fourth-order valence-corrected chi connectivity index (χ4v) is 4.32. The molecule has 1 aliphatic carbocycles. The molecule has 0 N–H and O–H groups in total. The molecule has 0 unspecified atom stereocenters. The van der Waals surface area contributed by atoms with Gasteiger partial charge in [-0.1, -0.05) is 43.2 Å². The van der Waals surface area contributed by atoms with Gasteiger partial charge in [-0.3, -0.25) is 4.79 Å². The molecular weight excluding hydrogens is 372 g/mol. The first kappa shape index (κ1) is 21.3. The third kappa shape index (κ3) is 4.45. The van der Waals surface area contributed by atoms with E-state index in [0.29, 0.717) is 12.3 Å². The van der Waals surface area contributed by atoms with Crippen molar-refractivity contribution in [3.8, 4) is 0 Å². The Balaban J connectivity index is 1.91. The van der Waals surface area contributed by atoms with Gasteiger partial charge in [0.15, 0.2) is 0 Å². The molecule has 0 saturated heterocycles. The molecule has 0 bridgehead atoms. The van der Waals surface area contributed by atoms with E-state index in [1.165, 1.54) is 10.6 Å². The summed E-state index contributed by atoms with van der Waals surface area (Å²) in [7, 11) is 1.72. The summed E-state index contributed by atoms with van der Waals surface area (Å²) in [6.45, 7) is 3.83. The van der Waals surface area contributed by atoms with Gasteiger partial charge in [0.05, 0.1) is 13.2 Å². The predicted octanol–water partition coefficient (Wildman–Crippen LogP) is 3.38. The number of esters is 2. The standard InChI is InChI=1S/C22H30N2O5/c1-4-27-19(25)16-22(20(26)28-5-2)23-18(24(3)29-22)15-21(13-9-10-14-21)17-11-7-6-8-12-17/h6-8,11-12H,4-5,9-10,13-16H2,1-3H3/t22-/m0/s1. The van der Waals surface area contributed by atoms with Gasteiger partial charge in [-0.25, -0.2) is 19.7 Å². The lowest BCUT2D eigenvalue weighted by atomic mass is 9.75. The molecular formula is C22H30N2O5. The maximum atomic E-state index is 12.7. The molecule has 1 aliphatic heterocycles. The van der Waals surface area contributed by atoms with Crippen LogP contribution in [0.4, 0.5) is 0 Å². The van der Waals surface area contributed by atoms with Crippen molar-refractivity contribution < 1.29 is 23.9 Å². The van der Waals surface area contributed by atoms with Gasteiger partial charge in [-0.05, 0) is 32.3 Å². The number of aliphatic imine (C=N–C) groups is 1. The summed E-state index contributed by atoms with van der Waals surface area (Å²) < 4.78 is 10.2. The Morgan fingerprint density at radius 2 is 1.76 bits per heavy atom. The minimum Gasteiger partial charge on any atom is -0.466 e. The number of benzene rings is 1. The van der Waals surface area contributed by atoms with Crippen molar-refractivity contribution in [2.75, 3.05) is 20.3 Å². The highest BCUT2D eigenvalue weighted by Gasteiger charge is 2.52. The lowest BCUT2D eigenvalue weighted by molar-refractivity contribution is -0.207. The van der Waals surface area contributed by atoms with Crippen LogP contribution in [0.3, 0.4) is 0 Å². The van der Waals surface area contributed by atoms with Crippen LogP contribution < -0.4 is 0 Å². The molecule has 1 fully saturated rings. The first-order chi connectivity index (χ1) is 13.9. The Bertz CT molecular complexity index is 758. The molecule has 1 aromatic carbocycles. The van der Waals surface area contributed by atoms with E-state index in [1.54, 1.807) is 20.9 Å². The molecule has 1 saturated carbocycles. The van der Waals surface area contributed by atoms with Crippen LogP contribution in [0.5, 0.6) is 0 Å². The molecule has 7 nitrogen and oxygen atoms in total. The van der Waals surface area contributed by atoms with Crippen molar-refractivity contribution in [3.05, 3.63) is 35.9 Å². The number of carbonyl (C=O) groups is 2. The quantitative estimate of drug-likeness (QED) is 0.621. The fraction of sp³-hybridized carbons (Fsp3) is 0.591. The molecule has 1 aromatic rings. The van der Waals surface area contributed by atoms with Crippen molar-refractivity contribution in [1.82, 2.24) is 5.06 Å². The zero-order chi connectivity index (χ0) is 20.9. The minimum atomic E-state index is -1.72. The third-order valence-corrected chi connectivity index (χ3v) is 5.69. The van der Waals surface area contributed by atoms with E-state index in [1.807, 2.05) is 6.07 Å². The number of hydrogen-bond acceptors (Lipinski definition) is 7. The van der Waals surface area contributed by atoms with Crippen molar-refractivity contribution in [1.29, 1.82) is 0 Å². The van der Waals surface area contributed by atoms with E-state index >= 15 is 0 Å². The van der Waals surface area contributed by atoms with Crippen LogP contribution >= 0.6 is 0 Å². The first-order valence-corrected chi connectivity index (χ1v) is 10.3. The second-order valence-corrected chi connectivity index (χ2v) is 7.63. The molecule has 0 aromatic heterocycles. The van der Waals surface area contributed by atoms with Gasteiger partial charge in [-0.15, -0.1) is 0 Å². The van der Waals surface area contributed by atoms with Gasteiger partial charge in [0, 0.05) is 18.9 Å². The SMILES string of the molecule is CCOC(=O)C[C@]1(C(=O)OCC)N=C(CC2(c3ccccc3)CCCC2)N(C)O1. The van der Waals surface area contributed by atoms with E-state index in [-0.39, 0.29) is 25.0 Å². The smallest absolute Gasteiger partial charge is 0.364 e. The first-order valence-electron chi connectivity index (χ1n) is 10.3.